The number of phenolic OH excluding ortho intramolecular Hbond substituents is 1. The van der Waals surface area contributed by atoms with Crippen LogP contribution in [0.25, 0.3) is 16.7 Å². The van der Waals surface area contributed by atoms with Gasteiger partial charge in [-0.05, 0) is 43.4 Å². The second-order valence-electron chi connectivity index (χ2n) is 6.01. The van der Waals surface area contributed by atoms with Crippen molar-refractivity contribution in [1.29, 1.82) is 0 Å². The first-order valence-corrected chi connectivity index (χ1v) is 8.55. The Labute approximate surface area is 158 Å². The van der Waals surface area contributed by atoms with Crippen molar-refractivity contribution in [1.82, 2.24) is 14.8 Å². The maximum Gasteiger partial charge on any atom is 0.339 e. The topological polar surface area (TPSA) is 93.3 Å². The Morgan fingerprint density at radius 3 is 2.78 bits per heavy atom. The van der Waals surface area contributed by atoms with Crippen LogP contribution in [0.4, 0.5) is 0 Å². The summed E-state index contributed by atoms with van der Waals surface area (Å²) in [6.45, 7) is 2.09. The zero-order valence-corrected chi connectivity index (χ0v) is 15.1. The van der Waals surface area contributed by atoms with E-state index in [1.807, 2.05) is 31.2 Å². The lowest BCUT2D eigenvalue weighted by molar-refractivity contribution is 0.294. The van der Waals surface area contributed by atoms with E-state index in [0.717, 1.165) is 11.3 Å². The molecule has 0 spiro atoms. The summed E-state index contributed by atoms with van der Waals surface area (Å²) >= 11 is 5.33. The molecule has 8 heteroatoms. The summed E-state index contributed by atoms with van der Waals surface area (Å²) in [5.41, 5.74) is 1.67. The van der Waals surface area contributed by atoms with E-state index >= 15 is 0 Å². The maximum absolute atomic E-state index is 11.8. The third-order valence-electron chi connectivity index (χ3n) is 4.08. The number of hydrogen-bond donors (Lipinski definition) is 2. The number of aromatic amines is 1. The van der Waals surface area contributed by atoms with Gasteiger partial charge in [0.1, 0.15) is 23.7 Å². The Bertz CT molecular complexity index is 1240. The number of ether oxygens (including phenoxy) is 1. The van der Waals surface area contributed by atoms with Gasteiger partial charge in [0.25, 0.3) is 0 Å². The van der Waals surface area contributed by atoms with E-state index in [4.69, 9.17) is 21.4 Å². The number of rotatable bonds is 4. The minimum Gasteiger partial charge on any atom is -0.508 e. The van der Waals surface area contributed by atoms with Crippen LogP contribution >= 0.6 is 12.2 Å². The van der Waals surface area contributed by atoms with Crippen LogP contribution < -0.4 is 10.4 Å². The number of aromatic nitrogens is 3. The Morgan fingerprint density at radius 2 is 2.00 bits per heavy atom. The van der Waals surface area contributed by atoms with Crippen molar-refractivity contribution in [2.24, 2.45) is 0 Å². The second-order valence-corrected chi connectivity index (χ2v) is 6.40. The molecule has 0 amide bonds. The number of hydrogen-bond acceptors (Lipinski definition) is 6. The minimum atomic E-state index is -0.569. The summed E-state index contributed by atoms with van der Waals surface area (Å²) < 4.78 is 13.2. The van der Waals surface area contributed by atoms with Crippen molar-refractivity contribution in [3.8, 4) is 17.2 Å². The van der Waals surface area contributed by atoms with Gasteiger partial charge in [0.05, 0.1) is 11.5 Å². The molecule has 2 heterocycles. The third-order valence-corrected chi connectivity index (χ3v) is 4.35. The summed E-state index contributed by atoms with van der Waals surface area (Å²) in [5, 5.41) is 17.1. The van der Waals surface area contributed by atoms with E-state index in [2.05, 4.69) is 10.2 Å². The lowest BCUT2D eigenvalue weighted by Crippen LogP contribution is -2.07. The molecule has 0 saturated heterocycles. The average Bonchev–Trinajstić information content (AvgIpc) is 3.00. The van der Waals surface area contributed by atoms with Gasteiger partial charge >= 0.3 is 5.63 Å². The van der Waals surface area contributed by atoms with Crippen molar-refractivity contribution < 1.29 is 14.3 Å². The summed E-state index contributed by atoms with van der Waals surface area (Å²) in [7, 11) is 0. The highest BCUT2D eigenvalue weighted by Gasteiger charge is 2.12. The first-order chi connectivity index (χ1) is 13.0. The summed E-state index contributed by atoms with van der Waals surface area (Å²) in [6, 6.07) is 13.6. The fraction of sp³-hybridized carbons (Fsp3) is 0.105. The largest absolute Gasteiger partial charge is 0.508 e. The molecule has 0 saturated carbocycles. The predicted molar refractivity (Wildman–Crippen MR) is 102 cm³/mol. The van der Waals surface area contributed by atoms with Crippen molar-refractivity contribution in [3.05, 3.63) is 75.1 Å². The Kier molecular flexibility index (Phi) is 4.25. The standard InChI is InChI=1S/C19H15N3O4S/c1-11-2-4-12(5-3-11)22-17(20-21-19(22)27)10-25-15-9-18(24)26-16-8-13(23)6-7-14(15)16/h2-9,23H,10H2,1H3,(H,21,27). The molecule has 4 aromatic rings. The van der Waals surface area contributed by atoms with E-state index < -0.39 is 5.63 Å². The molecule has 2 aromatic carbocycles. The van der Waals surface area contributed by atoms with Gasteiger partial charge in [-0.15, -0.1) is 0 Å². The third kappa shape index (κ3) is 3.34. The molecule has 2 aromatic heterocycles. The number of H-pyrrole nitrogens is 1. The number of nitrogens with one attached hydrogen (secondary N) is 1. The molecule has 0 fully saturated rings. The molecular weight excluding hydrogens is 366 g/mol. The van der Waals surface area contributed by atoms with Crippen molar-refractivity contribution in [3.63, 3.8) is 0 Å². The van der Waals surface area contributed by atoms with E-state index in [1.165, 1.54) is 18.2 Å². The molecule has 0 radical (unpaired) electrons. The van der Waals surface area contributed by atoms with E-state index in [1.54, 1.807) is 10.6 Å². The average molecular weight is 381 g/mol. The van der Waals surface area contributed by atoms with Crippen LogP contribution in [0.3, 0.4) is 0 Å². The second kappa shape index (κ2) is 6.73. The molecule has 27 heavy (non-hydrogen) atoms. The lowest BCUT2D eigenvalue weighted by Gasteiger charge is -2.10. The molecule has 2 N–H and O–H groups in total. The first kappa shape index (κ1) is 17.0. The fourth-order valence-corrected chi connectivity index (χ4v) is 3.03. The molecular formula is C19H15N3O4S. The smallest absolute Gasteiger partial charge is 0.339 e. The van der Waals surface area contributed by atoms with Crippen LogP contribution in [0.15, 0.2) is 57.7 Å². The van der Waals surface area contributed by atoms with Crippen molar-refractivity contribution >= 4 is 23.2 Å². The number of aryl methyl sites for hydroxylation is 1. The lowest BCUT2D eigenvalue weighted by atomic mass is 10.2. The molecule has 7 nitrogen and oxygen atoms in total. The van der Waals surface area contributed by atoms with Crippen LogP contribution in [0, 0.1) is 11.7 Å². The van der Waals surface area contributed by atoms with Gasteiger partial charge in [0.15, 0.2) is 10.6 Å². The van der Waals surface area contributed by atoms with Crippen LogP contribution in [-0.2, 0) is 6.61 Å². The minimum absolute atomic E-state index is 0.00284. The maximum atomic E-state index is 11.8. The SMILES string of the molecule is Cc1ccc(-n2c(COc3cc(=O)oc4cc(O)ccc34)n[nH]c2=S)cc1. The number of aromatic hydroxyl groups is 1. The van der Waals surface area contributed by atoms with Gasteiger partial charge in [-0.25, -0.2) is 4.79 Å². The summed E-state index contributed by atoms with van der Waals surface area (Å²) in [4.78, 5) is 11.8. The predicted octanol–water partition coefficient (Wildman–Crippen LogP) is 3.63. The Balaban J connectivity index is 1.69. The highest BCUT2D eigenvalue weighted by Crippen LogP contribution is 2.27. The van der Waals surface area contributed by atoms with Gasteiger partial charge in [0.2, 0.25) is 0 Å². The van der Waals surface area contributed by atoms with Crippen molar-refractivity contribution in [2.75, 3.05) is 0 Å². The van der Waals surface area contributed by atoms with Gasteiger partial charge in [-0.2, -0.15) is 5.10 Å². The molecule has 136 valence electrons. The van der Waals surface area contributed by atoms with E-state index in [9.17, 15) is 9.90 Å². The monoisotopic (exact) mass is 381 g/mol. The highest BCUT2D eigenvalue weighted by atomic mass is 32.1. The summed E-state index contributed by atoms with van der Waals surface area (Å²) in [5.74, 6) is 0.901. The molecule has 0 aliphatic heterocycles. The van der Waals surface area contributed by atoms with E-state index in [-0.39, 0.29) is 17.9 Å². The van der Waals surface area contributed by atoms with E-state index in [0.29, 0.717) is 21.7 Å². The van der Waals surface area contributed by atoms with Gasteiger partial charge in [-0.3, -0.25) is 9.67 Å². The van der Waals surface area contributed by atoms with Crippen LogP contribution in [0.5, 0.6) is 11.5 Å². The zero-order chi connectivity index (χ0) is 19.0. The van der Waals surface area contributed by atoms with Crippen LogP contribution in [0.2, 0.25) is 0 Å². The molecule has 4 rings (SSSR count). The normalized spacial score (nSPS) is 11.0. The van der Waals surface area contributed by atoms with Gasteiger partial charge in [-0.1, -0.05) is 17.7 Å². The number of nitrogens with zero attached hydrogens (tertiary/aromatic N) is 2. The molecule has 0 aliphatic rings. The molecule has 0 bridgehead atoms. The number of phenols is 1. The zero-order valence-electron chi connectivity index (χ0n) is 14.3. The highest BCUT2D eigenvalue weighted by molar-refractivity contribution is 7.71. The first-order valence-electron chi connectivity index (χ1n) is 8.14. The molecule has 0 aliphatic carbocycles. The summed E-state index contributed by atoms with van der Waals surface area (Å²) in [6.07, 6.45) is 0. The fourth-order valence-electron chi connectivity index (χ4n) is 2.77. The number of benzene rings is 2. The quantitative estimate of drug-likeness (QED) is 0.414. The van der Waals surface area contributed by atoms with Crippen molar-refractivity contribution in [2.45, 2.75) is 13.5 Å². The molecule has 0 unspecified atom stereocenters. The molecule has 0 atom stereocenters. The van der Waals surface area contributed by atoms with Crippen LogP contribution in [-0.4, -0.2) is 19.9 Å². The van der Waals surface area contributed by atoms with Gasteiger partial charge < -0.3 is 14.3 Å². The Hall–Kier alpha value is -3.39. The van der Waals surface area contributed by atoms with Crippen LogP contribution in [0.1, 0.15) is 11.4 Å². The van der Waals surface area contributed by atoms with Gasteiger partial charge in [0, 0.05) is 11.8 Å². The Morgan fingerprint density at radius 1 is 1.22 bits per heavy atom. The number of fused-ring (bicyclic) bond motifs is 1.